The third-order valence-electron chi connectivity index (χ3n) is 2.85. The van der Waals surface area contributed by atoms with Crippen LogP contribution in [-0.4, -0.2) is 20.2 Å². The Labute approximate surface area is 105 Å². The van der Waals surface area contributed by atoms with E-state index in [1.807, 2.05) is 19.9 Å². The first-order valence-electron chi connectivity index (χ1n) is 5.87. The molecule has 1 atom stereocenters. The molecular formula is C12H17N5O. The molecule has 6 heteroatoms. The van der Waals surface area contributed by atoms with E-state index in [1.165, 1.54) is 0 Å². The fraction of sp³-hybridized carbons (Fsp3) is 0.417. The summed E-state index contributed by atoms with van der Waals surface area (Å²) in [4.78, 5) is 18.9. The van der Waals surface area contributed by atoms with E-state index in [0.29, 0.717) is 17.9 Å². The van der Waals surface area contributed by atoms with E-state index < -0.39 is 0 Å². The lowest BCUT2D eigenvalue weighted by Gasteiger charge is -2.14. The van der Waals surface area contributed by atoms with Gasteiger partial charge in [0.05, 0.1) is 5.56 Å². The molecule has 0 saturated carbocycles. The van der Waals surface area contributed by atoms with Gasteiger partial charge in [-0.15, -0.1) is 0 Å². The highest BCUT2D eigenvalue weighted by molar-refractivity contribution is 5.20. The Morgan fingerprint density at radius 3 is 2.83 bits per heavy atom. The van der Waals surface area contributed by atoms with Crippen LogP contribution in [-0.2, 0) is 6.54 Å². The molecule has 0 aliphatic carbocycles. The molecule has 2 heterocycles. The Hall–Kier alpha value is -1.95. The summed E-state index contributed by atoms with van der Waals surface area (Å²) < 4.78 is 0. The van der Waals surface area contributed by atoms with E-state index in [0.717, 1.165) is 11.4 Å². The molecule has 0 aliphatic rings. The summed E-state index contributed by atoms with van der Waals surface area (Å²) in [6, 6.07) is 1.83. The van der Waals surface area contributed by atoms with Crippen LogP contribution in [0.2, 0.25) is 0 Å². The largest absolute Gasteiger partial charge is 0.310 e. The molecule has 0 amide bonds. The van der Waals surface area contributed by atoms with Gasteiger partial charge in [0.1, 0.15) is 5.82 Å². The molecule has 2 aromatic heterocycles. The molecule has 0 aromatic carbocycles. The van der Waals surface area contributed by atoms with Gasteiger partial charge in [0.25, 0.3) is 5.56 Å². The van der Waals surface area contributed by atoms with Crippen LogP contribution in [0.3, 0.4) is 0 Å². The monoisotopic (exact) mass is 247 g/mol. The number of nitrogens with zero attached hydrogens (tertiary/aromatic N) is 2. The van der Waals surface area contributed by atoms with Gasteiger partial charge in [0.15, 0.2) is 0 Å². The Morgan fingerprint density at radius 2 is 2.22 bits per heavy atom. The molecule has 1 unspecified atom stereocenters. The molecule has 0 fully saturated rings. The van der Waals surface area contributed by atoms with Gasteiger partial charge in [-0.25, -0.2) is 4.98 Å². The van der Waals surface area contributed by atoms with Gasteiger partial charge in [-0.2, -0.15) is 5.10 Å². The molecular weight excluding hydrogens is 230 g/mol. The predicted molar refractivity (Wildman–Crippen MR) is 68.2 cm³/mol. The van der Waals surface area contributed by atoms with Crippen LogP contribution >= 0.6 is 0 Å². The standard InChI is InChI=1S/C12H17N5O/c1-7(13-6-10-4-5-14-17-10)11-8(2)15-9(3)16-12(11)18/h4-5,7,13H,6H2,1-3H3,(H,14,17)(H,15,16,18). The zero-order valence-electron chi connectivity index (χ0n) is 10.7. The maximum Gasteiger partial charge on any atom is 0.255 e. The second kappa shape index (κ2) is 5.14. The van der Waals surface area contributed by atoms with Gasteiger partial charge in [-0.1, -0.05) is 0 Å². The predicted octanol–water partition coefficient (Wildman–Crippen LogP) is 0.961. The molecule has 3 N–H and O–H groups in total. The normalized spacial score (nSPS) is 12.6. The molecule has 2 rings (SSSR count). The van der Waals surface area contributed by atoms with Crippen molar-refractivity contribution in [2.75, 3.05) is 0 Å². The molecule has 0 radical (unpaired) electrons. The first-order valence-corrected chi connectivity index (χ1v) is 5.87. The topological polar surface area (TPSA) is 86.5 Å². The van der Waals surface area contributed by atoms with Crippen molar-refractivity contribution in [3.63, 3.8) is 0 Å². The minimum atomic E-state index is -0.0791. The minimum absolute atomic E-state index is 0.0647. The molecule has 0 saturated heterocycles. The van der Waals surface area contributed by atoms with E-state index >= 15 is 0 Å². The minimum Gasteiger partial charge on any atom is -0.310 e. The Kier molecular flexibility index (Phi) is 3.57. The van der Waals surface area contributed by atoms with E-state index in [1.54, 1.807) is 13.1 Å². The van der Waals surface area contributed by atoms with Crippen LogP contribution < -0.4 is 10.9 Å². The fourth-order valence-electron chi connectivity index (χ4n) is 1.99. The summed E-state index contributed by atoms with van der Waals surface area (Å²) >= 11 is 0. The second-order valence-corrected chi connectivity index (χ2v) is 4.33. The summed E-state index contributed by atoms with van der Waals surface area (Å²) in [6.45, 7) is 6.21. The van der Waals surface area contributed by atoms with Crippen molar-refractivity contribution >= 4 is 0 Å². The first-order chi connectivity index (χ1) is 8.58. The van der Waals surface area contributed by atoms with Gasteiger partial charge in [0, 0.05) is 30.2 Å². The zero-order chi connectivity index (χ0) is 13.1. The van der Waals surface area contributed by atoms with Gasteiger partial charge in [0.2, 0.25) is 0 Å². The lowest BCUT2D eigenvalue weighted by Crippen LogP contribution is -2.27. The van der Waals surface area contributed by atoms with Gasteiger partial charge < -0.3 is 10.3 Å². The highest BCUT2D eigenvalue weighted by Gasteiger charge is 2.14. The van der Waals surface area contributed by atoms with E-state index in [4.69, 9.17) is 0 Å². The highest BCUT2D eigenvalue weighted by Crippen LogP contribution is 2.11. The fourth-order valence-corrected chi connectivity index (χ4v) is 1.99. The number of rotatable bonds is 4. The third kappa shape index (κ3) is 2.65. The number of aromatic amines is 2. The van der Waals surface area contributed by atoms with Crippen LogP contribution in [0.5, 0.6) is 0 Å². The lowest BCUT2D eigenvalue weighted by molar-refractivity contribution is 0.555. The molecule has 0 spiro atoms. The van der Waals surface area contributed by atoms with Crippen molar-refractivity contribution in [1.29, 1.82) is 0 Å². The van der Waals surface area contributed by atoms with Crippen LogP contribution in [0, 0.1) is 13.8 Å². The number of hydrogen-bond donors (Lipinski definition) is 3. The van der Waals surface area contributed by atoms with Crippen molar-refractivity contribution in [2.24, 2.45) is 0 Å². The Bertz CT molecular complexity index is 573. The van der Waals surface area contributed by atoms with Crippen molar-refractivity contribution < 1.29 is 0 Å². The van der Waals surface area contributed by atoms with Gasteiger partial charge in [-0.05, 0) is 26.8 Å². The van der Waals surface area contributed by atoms with Gasteiger partial charge >= 0.3 is 0 Å². The van der Waals surface area contributed by atoms with Crippen LogP contribution in [0.4, 0.5) is 0 Å². The van der Waals surface area contributed by atoms with Gasteiger partial charge in [-0.3, -0.25) is 9.89 Å². The average Bonchev–Trinajstić information content (AvgIpc) is 2.77. The lowest BCUT2D eigenvalue weighted by atomic mass is 10.1. The molecule has 96 valence electrons. The molecule has 2 aromatic rings. The molecule has 0 aliphatic heterocycles. The SMILES string of the molecule is Cc1nc(C)c(C(C)NCc2ccn[nH]2)c(=O)[nH]1. The Balaban J connectivity index is 2.14. The van der Waals surface area contributed by atoms with Crippen molar-refractivity contribution in [2.45, 2.75) is 33.4 Å². The van der Waals surface area contributed by atoms with Crippen LogP contribution in [0.1, 0.15) is 35.7 Å². The van der Waals surface area contributed by atoms with Crippen molar-refractivity contribution in [3.05, 3.63) is 45.4 Å². The van der Waals surface area contributed by atoms with E-state index in [-0.39, 0.29) is 11.6 Å². The molecule has 0 bridgehead atoms. The zero-order valence-corrected chi connectivity index (χ0v) is 10.7. The number of aromatic nitrogens is 4. The summed E-state index contributed by atoms with van der Waals surface area (Å²) in [6.07, 6.45) is 1.70. The summed E-state index contributed by atoms with van der Waals surface area (Å²) in [5.74, 6) is 0.641. The maximum atomic E-state index is 11.9. The first kappa shape index (κ1) is 12.5. The summed E-state index contributed by atoms with van der Waals surface area (Å²) in [5.41, 5.74) is 2.35. The van der Waals surface area contributed by atoms with E-state index in [9.17, 15) is 4.79 Å². The van der Waals surface area contributed by atoms with Crippen LogP contribution in [0.15, 0.2) is 17.1 Å². The summed E-state index contributed by atoms with van der Waals surface area (Å²) in [5, 5.41) is 10.0. The quantitative estimate of drug-likeness (QED) is 0.751. The molecule has 18 heavy (non-hydrogen) atoms. The Morgan fingerprint density at radius 1 is 1.44 bits per heavy atom. The smallest absolute Gasteiger partial charge is 0.255 e. The number of aryl methyl sites for hydroxylation is 2. The van der Waals surface area contributed by atoms with Crippen molar-refractivity contribution in [3.8, 4) is 0 Å². The maximum absolute atomic E-state index is 11.9. The second-order valence-electron chi connectivity index (χ2n) is 4.33. The molecule has 6 nitrogen and oxygen atoms in total. The number of hydrogen-bond acceptors (Lipinski definition) is 4. The summed E-state index contributed by atoms with van der Waals surface area (Å²) in [7, 11) is 0. The highest BCUT2D eigenvalue weighted by atomic mass is 16.1. The number of nitrogens with one attached hydrogen (secondary N) is 3. The third-order valence-corrected chi connectivity index (χ3v) is 2.85. The number of H-pyrrole nitrogens is 2. The average molecular weight is 247 g/mol. The van der Waals surface area contributed by atoms with Crippen LogP contribution in [0.25, 0.3) is 0 Å². The van der Waals surface area contributed by atoms with E-state index in [2.05, 4.69) is 25.5 Å². The van der Waals surface area contributed by atoms with Crippen molar-refractivity contribution in [1.82, 2.24) is 25.5 Å².